The molecule has 2 nitrogen and oxygen atoms in total. The molecule has 0 amide bonds. The Labute approximate surface area is 97.2 Å². The summed E-state index contributed by atoms with van der Waals surface area (Å²) in [4.78, 5) is 0. The van der Waals surface area contributed by atoms with Gasteiger partial charge in [-0.1, -0.05) is 24.3 Å². The molecule has 0 aromatic heterocycles. The van der Waals surface area contributed by atoms with Crippen LogP contribution in [0.2, 0.25) is 0 Å². The summed E-state index contributed by atoms with van der Waals surface area (Å²) < 4.78 is 10.8. The van der Waals surface area contributed by atoms with E-state index in [1.807, 2.05) is 30.3 Å². The molecule has 0 aliphatic heterocycles. The minimum absolute atomic E-state index is 0.0430. The lowest BCUT2D eigenvalue weighted by Crippen LogP contribution is -2.03. The molecular weight excluding hydrogens is 200 g/mol. The molecule has 2 heteroatoms. The van der Waals surface area contributed by atoms with E-state index < -0.39 is 0 Å². The zero-order valence-electron chi connectivity index (χ0n) is 9.69. The summed E-state index contributed by atoms with van der Waals surface area (Å²) in [5.74, 6) is 0.852. The summed E-state index contributed by atoms with van der Waals surface area (Å²) in [6, 6.07) is 7.89. The van der Waals surface area contributed by atoms with Crippen LogP contribution in [0.1, 0.15) is 18.1 Å². The van der Waals surface area contributed by atoms with E-state index in [-0.39, 0.29) is 6.10 Å². The first-order valence-corrected chi connectivity index (χ1v) is 5.29. The molecule has 0 spiro atoms. The maximum absolute atomic E-state index is 5.66. The van der Waals surface area contributed by atoms with Gasteiger partial charge in [0.25, 0.3) is 0 Å². The minimum Gasteiger partial charge on any atom is -0.497 e. The highest BCUT2D eigenvalue weighted by molar-refractivity contribution is 5.28. The Morgan fingerprint density at radius 3 is 2.38 bits per heavy atom. The van der Waals surface area contributed by atoms with Crippen LogP contribution in [0.4, 0.5) is 0 Å². The molecule has 0 saturated carbocycles. The molecule has 1 atom stereocenters. The summed E-state index contributed by atoms with van der Waals surface area (Å²) in [6.45, 7) is 7.93. The predicted octanol–water partition coefficient (Wildman–Crippen LogP) is 3.52. The fraction of sp³-hybridized carbons (Fsp3) is 0.286. The largest absolute Gasteiger partial charge is 0.497 e. The number of hydrogen-bond donors (Lipinski definition) is 0. The highest BCUT2D eigenvalue weighted by atomic mass is 16.5. The van der Waals surface area contributed by atoms with Crippen molar-refractivity contribution in [2.45, 2.75) is 12.5 Å². The topological polar surface area (TPSA) is 18.5 Å². The van der Waals surface area contributed by atoms with Gasteiger partial charge in [0.1, 0.15) is 5.75 Å². The van der Waals surface area contributed by atoms with Crippen molar-refractivity contribution >= 4 is 0 Å². The molecule has 1 rings (SSSR count). The van der Waals surface area contributed by atoms with E-state index in [0.717, 1.165) is 17.7 Å². The Kier molecular flexibility index (Phi) is 5.37. The van der Waals surface area contributed by atoms with E-state index >= 15 is 0 Å². The molecule has 0 radical (unpaired) electrons. The molecule has 0 aliphatic carbocycles. The minimum atomic E-state index is 0.0430. The van der Waals surface area contributed by atoms with Crippen molar-refractivity contribution < 1.29 is 9.47 Å². The zero-order valence-corrected chi connectivity index (χ0v) is 9.69. The number of benzene rings is 1. The van der Waals surface area contributed by atoms with Gasteiger partial charge < -0.3 is 9.47 Å². The van der Waals surface area contributed by atoms with Crippen LogP contribution in [-0.2, 0) is 4.74 Å². The number of hydrogen-bond acceptors (Lipinski definition) is 2. The van der Waals surface area contributed by atoms with Crippen molar-refractivity contribution in [3.63, 3.8) is 0 Å². The van der Waals surface area contributed by atoms with Gasteiger partial charge >= 0.3 is 0 Å². The van der Waals surface area contributed by atoms with Gasteiger partial charge in [-0.3, -0.25) is 0 Å². The molecule has 16 heavy (non-hydrogen) atoms. The smallest absolute Gasteiger partial charge is 0.118 e. The van der Waals surface area contributed by atoms with Gasteiger partial charge in [-0.2, -0.15) is 0 Å². The van der Waals surface area contributed by atoms with Crippen molar-refractivity contribution in [3.05, 3.63) is 55.1 Å². The summed E-state index contributed by atoms with van der Waals surface area (Å²) in [5.41, 5.74) is 1.13. The van der Waals surface area contributed by atoms with E-state index in [1.54, 1.807) is 13.2 Å². The van der Waals surface area contributed by atoms with Crippen LogP contribution in [0, 0.1) is 0 Å². The van der Waals surface area contributed by atoms with Crippen molar-refractivity contribution in [2.24, 2.45) is 0 Å². The van der Waals surface area contributed by atoms with Gasteiger partial charge in [0.05, 0.1) is 19.8 Å². The number of ether oxygens (including phenoxy) is 2. The highest BCUT2D eigenvalue weighted by Crippen LogP contribution is 2.23. The Morgan fingerprint density at radius 1 is 1.19 bits per heavy atom. The Bertz CT molecular complexity index is 327. The number of rotatable bonds is 7. The van der Waals surface area contributed by atoms with Gasteiger partial charge in [0, 0.05) is 0 Å². The van der Waals surface area contributed by atoms with Crippen LogP contribution in [-0.4, -0.2) is 13.7 Å². The lowest BCUT2D eigenvalue weighted by molar-refractivity contribution is 0.0766. The van der Waals surface area contributed by atoms with Crippen molar-refractivity contribution in [2.75, 3.05) is 13.7 Å². The van der Waals surface area contributed by atoms with E-state index in [1.165, 1.54) is 0 Å². The first-order valence-electron chi connectivity index (χ1n) is 5.29. The van der Waals surface area contributed by atoms with Crippen LogP contribution in [0.3, 0.4) is 0 Å². The third-order valence-electron chi connectivity index (χ3n) is 2.28. The standard InChI is InChI=1S/C14H18O2/c1-4-6-14(16-11-5-2)12-7-9-13(15-3)10-8-12/h4-5,7-10,14H,1-2,6,11H2,3H3/t14-/m1/s1. The SMILES string of the molecule is C=CCO[C@H](CC=C)c1ccc(OC)cc1. The molecule has 1 aromatic carbocycles. The average Bonchev–Trinajstić information content (AvgIpc) is 2.35. The number of methoxy groups -OCH3 is 1. The van der Waals surface area contributed by atoms with Crippen LogP contribution in [0.25, 0.3) is 0 Å². The monoisotopic (exact) mass is 218 g/mol. The molecule has 0 unspecified atom stereocenters. The van der Waals surface area contributed by atoms with Crippen molar-refractivity contribution in [1.29, 1.82) is 0 Å². The Morgan fingerprint density at radius 2 is 1.88 bits per heavy atom. The van der Waals surface area contributed by atoms with E-state index in [2.05, 4.69) is 13.2 Å². The van der Waals surface area contributed by atoms with Gasteiger partial charge in [0.2, 0.25) is 0 Å². The summed E-state index contributed by atoms with van der Waals surface area (Å²) in [6.07, 6.45) is 4.44. The van der Waals surface area contributed by atoms with Crippen LogP contribution in [0.5, 0.6) is 5.75 Å². The first kappa shape index (κ1) is 12.5. The second-order valence-corrected chi connectivity index (χ2v) is 3.41. The van der Waals surface area contributed by atoms with Crippen molar-refractivity contribution in [3.8, 4) is 5.75 Å². The quantitative estimate of drug-likeness (QED) is 0.652. The molecule has 0 N–H and O–H groups in total. The Balaban J connectivity index is 2.74. The summed E-state index contributed by atoms with van der Waals surface area (Å²) in [5, 5.41) is 0. The average molecular weight is 218 g/mol. The lowest BCUT2D eigenvalue weighted by atomic mass is 10.1. The van der Waals surface area contributed by atoms with Gasteiger partial charge in [-0.25, -0.2) is 0 Å². The molecule has 86 valence electrons. The molecule has 0 heterocycles. The molecule has 0 saturated heterocycles. The second-order valence-electron chi connectivity index (χ2n) is 3.41. The molecular formula is C14H18O2. The normalized spacial score (nSPS) is 11.8. The van der Waals surface area contributed by atoms with Gasteiger partial charge in [0.15, 0.2) is 0 Å². The highest BCUT2D eigenvalue weighted by Gasteiger charge is 2.09. The van der Waals surface area contributed by atoms with Gasteiger partial charge in [-0.15, -0.1) is 13.2 Å². The summed E-state index contributed by atoms with van der Waals surface area (Å²) in [7, 11) is 1.66. The maximum atomic E-state index is 5.66. The van der Waals surface area contributed by atoms with Crippen molar-refractivity contribution in [1.82, 2.24) is 0 Å². The van der Waals surface area contributed by atoms with Crippen LogP contribution >= 0.6 is 0 Å². The van der Waals surface area contributed by atoms with E-state index in [0.29, 0.717) is 6.61 Å². The molecule has 1 aromatic rings. The van der Waals surface area contributed by atoms with Gasteiger partial charge in [-0.05, 0) is 24.1 Å². The van der Waals surface area contributed by atoms with Crippen LogP contribution in [0.15, 0.2) is 49.6 Å². The second kappa shape index (κ2) is 6.85. The van der Waals surface area contributed by atoms with E-state index in [4.69, 9.17) is 9.47 Å². The molecule has 0 aliphatic rings. The predicted molar refractivity (Wildman–Crippen MR) is 66.7 cm³/mol. The first-order chi connectivity index (χ1) is 7.81. The summed E-state index contributed by atoms with van der Waals surface area (Å²) >= 11 is 0. The third kappa shape index (κ3) is 3.55. The fourth-order valence-electron chi connectivity index (χ4n) is 1.45. The van der Waals surface area contributed by atoms with Crippen LogP contribution < -0.4 is 4.74 Å². The Hall–Kier alpha value is -1.54. The maximum Gasteiger partial charge on any atom is 0.118 e. The molecule has 0 fully saturated rings. The zero-order chi connectivity index (χ0) is 11.8. The lowest BCUT2D eigenvalue weighted by Gasteiger charge is -2.16. The molecule has 0 bridgehead atoms. The van der Waals surface area contributed by atoms with E-state index in [9.17, 15) is 0 Å². The fourth-order valence-corrected chi connectivity index (χ4v) is 1.45. The third-order valence-corrected chi connectivity index (χ3v) is 2.28.